The van der Waals surface area contributed by atoms with E-state index in [0.29, 0.717) is 6.04 Å². The summed E-state index contributed by atoms with van der Waals surface area (Å²) in [4.78, 5) is 2.42. The van der Waals surface area contributed by atoms with E-state index in [4.69, 9.17) is 0 Å². The molecule has 0 aromatic heterocycles. The summed E-state index contributed by atoms with van der Waals surface area (Å²) in [7, 11) is 2.21. The number of nitrogens with one attached hydrogen (secondary N) is 1. The molecule has 1 N–H and O–H groups in total. The Kier molecular flexibility index (Phi) is 3.49. The van der Waals surface area contributed by atoms with Crippen LogP contribution >= 0.6 is 0 Å². The Labute approximate surface area is 98.7 Å². The van der Waals surface area contributed by atoms with Gasteiger partial charge in [-0.1, -0.05) is 19.1 Å². The van der Waals surface area contributed by atoms with Crippen molar-refractivity contribution in [2.75, 3.05) is 18.9 Å². The normalized spacial score (nSPS) is 16.0. The summed E-state index contributed by atoms with van der Waals surface area (Å²) in [5.41, 5.74) is 4.25. The summed E-state index contributed by atoms with van der Waals surface area (Å²) in [6.07, 6.45) is 2.39. The molecule has 2 nitrogen and oxygen atoms in total. The maximum atomic E-state index is 3.40. The van der Waals surface area contributed by atoms with Crippen molar-refractivity contribution in [1.29, 1.82) is 0 Å². The van der Waals surface area contributed by atoms with Gasteiger partial charge in [-0.25, -0.2) is 0 Å². The Hall–Kier alpha value is -1.02. The predicted octanol–water partition coefficient (Wildman–Crippen LogP) is 2.88. The molecule has 0 bridgehead atoms. The van der Waals surface area contributed by atoms with Gasteiger partial charge in [0.1, 0.15) is 0 Å². The molecule has 0 aliphatic carbocycles. The summed E-state index contributed by atoms with van der Waals surface area (Å²) >= 11 is 0. The molecule has 0 radical (unpaired) electrons. The molecule has 88 valence electrons. The van der Waals surface area contributed by atoms with Gasteiger partial charge in [-0.2, -0.15) is 0 Å². The second-order valence-corrected chi connectivity index (χ2v) is 4.84. The first-order valence-corrected chi connectivity index (χ1v) is 6.26. The van der Waals surface area contributed by atoms with E-state index in [0.717, 1.165) is 13.1 Å². The number of anilines is 1. The van der Waals surface area contributed by atoms with Crippen LogP contribution in [0.4, 0.5) is 5.69 Å². The minimum absolute atomic E-state index is 0.659. The van der Waals surface area contributed by atoms with Crippen LogP contribution in [0.2, 0.25) is 0 Å². The van der Waals surface area contributed by atoms with Gasteiger partial charge >= 0.3 is 0 Å². The van der Waals surface area contributed by atoms with Gasteiger partial charge in [-0.15, -0.1) is 0 Å². The van der Waals surface area contributed by atoms with Gasteiger partial charge in [-0.05, 0) is 44.0 Å². The van der Waals surface area contributed by atoms with Crippen molar-refractivity contribution in [2.24, 2.45) is 0 Å². The SMILES string of the molecule is CCC(C)N(C)Cc1ccc2c(c1)CCN2. The van der Waals surface area contributed by atoms with Crippen LogP contribution in [0.1, 0.15) is 31.4 Å². The van der Waals surface area contributed by atoms with Gasteiger partial charge in [-0.3, -0.25) is 4.90 Å². The van der Waals surface area contributed by atoms with Crippen molar-refractivity contribution in [3.8, 4) is 0 Å². The molecule has 1 aliphatic rings. The minimum Gasteiger partial charge on any atom is -0.384 e. The van der Waals surface area contributed by atoms with E-state index in [2.05, 4.69) is 49.3 Å². The minimum atomic E-state index is 0.659. The monoisotopic (exact) mass is 218 g/mol. The smallest absolute Gasteiger partial charge is 0.0373 e. The Morgan fingerprint density at radius 2 is 2.25 bits per heavy atom. The van der Waals surface area contributed by atoms with E-state index < -0.39 is 0 Å². The first-order chi connectivity index (χ1) is 7.70. The number of fused-ring (bicyclic) bond motifs is 1. The third-order valence-corrected chi connectivity index (χ3v) is 3.65. The van der Waals surface area contributed by atoms with Gasteiger partial charge in [0.15, 0.2) is 0 Å². The number of benzene rings is 1. The Balaban J connectivity index is 2.05. The van der Waals surface area contributed by atoms with E-state index in [1.165, 1.54) is 29.7 Å². The molecule has 2 heteroatoms. The number of rotatable bonds is 4. The van der Waals surface area contributed by atoms with Crippen molar-refractivity contribution in [3.63, 3.8) is 0 Å². The Morgan fingerprint density at radius 3 is 3.00 bits per heavy atom. The average Bonchev–Trinajstić information content (AvgIpc) is 2.75. The largest absolute Gasteiger partial charge is 0.384 e. The van der Waals surface area contributed by atoms with Crippen molar-refractivity contribution < 1.29 is 0 Å². The lowest BCUT2D eigenvalue weighted by Gasteiger charge is -2.23. The summed E-state index contributed by atoms with van der Waals surface area (Å²) in [6.45, 7) is 6.69. The van der Waals surface area contributed by atoms with Gasteiger partial charge in [0.2, 0.25) is 0 Å². The Bertz CT molecular complexity index is 360. The molecular formula is C14H22N2. The highest BCUT2D eigenvalue weighted by Gasteiger charge is 2.12. The zero-order chi connectivity index (χ0) is 11.5. The van der Waals surface area contributed by atoms with E-state index in [1.54, 1.807) is 0 Å². The molecule has 1 aliphatic heterocycles. The molecule has 1 unspecified atom stereocenters. The summed E-state index contributed by atoms with van der Waals surface area (Å²) in [6, 6.07) is 7.48. The molecule has 1 aromatic rings. The second kappa shape index (κ2) is 4.88. The number of nitrogens with zero attached hydrogens (tertiary/aromatic N) is 1. The molecule has 0 saturated carbocycles. The molecule has 1 heterocycles. The van der Waals surface area contributed by atoms with E-state index in [-0.39, 0.29) is 0 Å². The van der Waals surface area contributed by atoms with Crippen LogP contribution in [0.3, 0.4) is 0 Å². The molecule has 16 heavy (non-hydrogen) atoms. The van der Waals surface area contributed by atoms with Crippen LogP contribution < -0.4 is 5.32 Å². The zero-order valence-electron chi connectivity index (χ0n) is 10.6. The fraction of sp³-hybridized carbons (Fsp3) is 0.571. The quantitative estimate of drug-likeness (QED) is 0.836. The molecular weight excluding hydrogens is 196 g/mol. The molecule has 0 fully saturated rings. The van der Waals surface area contributed by atoms with Gasteiger partial charge in [0.25, 0.3) is 0 Å². The van der Waals surface area contributed by atoms with Crippen molar-refractivity contribution in [3.05, 3.63) is 29.3 Å². The lowest BCUT2D eigenvalue weighted by atomic mass is 10.1. The first-order valence-electron chi connectivity index (χ1n) is 6.26. The summed E-state index contributed by atoms with van der Waals surface area (Å²) in [5, 5.41) is 3.40. The van der Waals surface area contributed by atoms with E-state index in [9.17, 15) is 0 Å². The molecule has 0 spiro atoms. The highest BCUT2D eigenvalue weighted by molar-refractivity contribution is 5.56. The van der Waals surface area contributed by atoms with Gasteiger partial charge in [0.05, 0.1) is 0 Å². The molecule has 2 rings (SSSR count). The van der Waals surface area contributed by atoms with Crippen LogP contribution in [0, 0.1) is 0 Å². The topological polar surface area (TPSA) is 15.3 Å². The van der Waals surface area contributed by atoms with Crippen LogP contribution in [0.15, 0.2) is 18.2 Å². The lowest BCUT2D eigenvalue weighted by Crippen LogP contribution is -2.27. The molecule has 1 atom stereocenters. The first kappa shape index (κ1) is 11.5. The van der Waals surface area contributed by atoms with E-state index >= 15 is 0 Å². The van der Waals surface area contributed by atoms with Crippen LogP contribution in [0.25, 0.3) is 0 Å². The van der Waals surface area contributed by atoms with Gasteiger partial charge < -0.3 is 5.32 Å². The van der Waals surface area contributed by atoms with Crippen molar-refractivity contribution in [2.45, 2.75) is 39.3 Å². The third kappa shape index (κ3) is 2.38. The summed E-state index contributed by atoms with van der Waals surface area (Å²) in [5.74, 6) is 0. The lowest BCUT2D eigenvalue weighted by molar-refractivity contribution is 0.244. The summed E-state index contributed by atoms with van der Waals surface area (Å²) < 4.78 is 0. The van der Waals surface area contributed by atoms with E-state index in [1.807, 2.05) is 0 Å². The highest BCUT2D eigenvalue weighted by Crippen LogP contribution is 2.23. The standard InChI is InChI=1S/C14H22N2/c1-4-11(2)16(3)10-12-5-6-14-13(9-12)7-8-15-14/h5-6,9,11,15H,4,7-8,10H2,1-3H3. The van der Waals surface area contributed by atoms with Crippen LogP contribution in [-0.4, -0.2) is 24.5 Å². The average molecular weight is 218 g/mol. The fourth-order valence-corrected chi connectivity index (χ4v) is 2.21. The van der Waals surface area contributed by atoms with Crippen LogP contribution in [-0.2, 0) is 13.0 Å². The maximum Gasteiger partial charge on any atom is 0.0373 e. The molecule has 0 amide bonds. The highest BCUT2D eigenvalue weighted by atomic mass is 15.1. The number of hydrogen-bond donors (Lipinski definition) is 1. The third-order valence-electron chi connectivity index (χ3n) is 3.65. The van der Waals surface area contributed by atoms with Crippen molar-refractivity contribution in [1.82, 2.24) is 4.90 Å². The van der Waals surface area contributed by atoms with Crippen LogP contribution in [0.5, 0.6) is 0 Å². The zero-order valence-corrected chi connectivity index (χ0v) is 10.6. The fourth-order valence-electron chi connectivity index (χ4n) is 2.21. The predicted molar refractivity (Wildman–Crippen MR) is 69.9 cm³/mol. The molecule has 1 aromatic carbocycles. The Morgan fingerprint density at radius 1 is 1.44 bits per heavy atom. The van der Waals surface area contributed by atoms with Crippen molar-refractivity contribution >= 4 is 5.69 Å². The second-order valence-electron chi connectivity index (χ2n) is 4.84. The maximum absolute atomic E-state index is 3.40. The number of hydrogen-bond acceptors (Lipinski definition) is 2. The van der Waals surface area contributed by atoms with Gasteiger partial charge in [0, 0.05) is 24.8 Å². The molecule has 0 saturated heterocycles.